The van der Waals surface area contributed by atoms with Gasteiger partial charge in [0.1, 0.15) is 19.2 Å². The number of rotatable bonds is 6. The average molecular weight is 176 g/mol. The van der Waals surface area contributed by atoms with E-state index in [4.69, 9.17) is 5.11 Å². The van der Waals surface area contributed by atoms with E-state index in [1.54, 1.807) is 0 Å². The highest BCUT2D eigenvalue weighted by atomic mass is 16.3. The molecule has 0 rings (SSSR count). The molecule has 0 aromatic rings. The maximum Gasteiger partial charge on any atom is 0.105 e. The summed E-state index contributed by atoms with van der Waals surface area (Å²) in [5.41, 5.74) is 0. The van der Waals surface area contributed by atoms with Crippen molar-refractivity contribution >= 4 is 0 Å². The lowest BCUT2D eigenvalue weighted by Gasteiger charge is -2.31. The molecular formula is C9H22NO2+. The molecule has 1 atom stereocenters. The number of quaternary nitrogens is 1. The van der Waals surface area contributed by atoms with Crippen LogP contribution in [0.5, 0.6) is 0 Å². The highest BCUT2D eigenvalue weighted by molar-refractivity contribution is 4.52. The monoisotopic (exact) mass is 176 g/mol. The predicted molar refractivity (Wildman–Crippen MR) is 49.8 cm³/mol. The molecule has 0 aliphatic rings. The topological polar surface area (TPSA) is 40.5 Å². The van der Waals surface area contributed by atoms with Gasteiger partial charge in [-0.25, -0.2) is 0 Å². The van der Waals surface area contributed by atoms with Crippen molar-refractivity contribution in [3.05, 3.63) is 0 Å². The third-order valence-corrected chi connectivity index (χ3v) is 2.03. The van der Waals surface area contributed by atoms with Gasteiger partial charge in [-0.1, -0.05) is 13.3 Å². The summed E-state index contributed by atoms with van der Waals surface area (Å²) in [5.74, 6) is 0. The quantitative estimate of drug-likeness (QED) is 0.568. The Hall–Kier alpha value is -0.120. The number of aliphatic hydroxyl groups excluding tert-OH is 2. The second kappa shape index (κ2) is 5.51. The molecule has 0 fully saturated rings. The normalized spacial score (nSPS) is 14.8. The fourth-order valence-corrected chi connectivity index (χ4v) is 1.36. The van der Waals surface area contributed by atoms with Crippen molar-refractivity contribution in [1.29, 1.82) is 0 Å². The van der Waals surface area contributed by atoms with Gasteiger partial charge in [0.2, 0.25) is 0 Å². The summed E-state index contributed by atoms with van der Waals surface area (Å²) in [4.78, 5) is 0. The first-order chi connectivity index (χ1) is 5.52. The summed E-state index contributed by atoms with van der Waals surface area (Å²) in [6, 6.07) is 0. The SMILES string of the molecule is CCCC(O)C[N+](C)(C)CCO. The third-order valence-electron chi connectivity index (χ3n) is 2.03. The molecule has 0 spiro atoms. The summed E-state index contributed by atoms with van der Waals surface area (Å²) >= 11 is 0. The lowest BCUT2D eigenvalue weighted by molar-refractivity contribution is -0.893. The van der Waals surface area contributed by atoms with E-state index in [2.05, 4.69) is 6.92 Å². The van der Waals surface area contributed by atoms with Gasteiger partial charge in [0, 0.05) is 0 Å². The van der Waals surface area contributed by atoms with E-state index < -0.39 is 0 Å². The van der Waals surface area contributed by atoms with E-state index >= 15 is 0 Å². The van der Waals surface area contributed by atoms with Crippen LogP contribution < -0.4 is 0 Å². The number of aliphatic hydroxyl groups is 2. The van der Waals surface area contributed by atoms with Crippen molar-refractivity contribution in [3.63, 3.8) is 0 Å². The number of likely N-dealkylation sites (N-methyl/N-ethyl adjacent to an activating group) is 1. The molecule has 3 nitrogen and oxygen atoms in total. The highest BCUT2D eigenvalue weighted by Crippen LogP contribution is 2.03. The van der Waals surface area contributed by atoms with Crippen LogP contribution in [0, 0.1) is 0 Å². The minimum Gasteiger partial charge on any atom is -0.391 e. The molecular weight excluding hydrogens is 154 g/mol. The standard InChI is InChI=1S/C9H22NO2/c1-4-5-9(12)8-10(2,3)6-7-11/h9,11-12H,4-8H2,1-3H3/q+1. The van der Waals surface area contributed by atoms with Crippen LogP contribution in [0.2, 0.25) is 0 Å². The van der Waals surface area contributed by atoms with Crippen LogP contribution >= 0.6 is 0 Å². The van der Waals surface area contributed by atoms with Gasteiger partial charge in [-0.3, -0.25) is 0 Å². The molecule has 2 N–H and O–H groups in total. The second-order valence-electron chi connectivity index (χ2n) is 4.01. The molecule has 74 valence electrons. The molecule has 12 heavy (non-hydrogen) atoms. The van der Waals surface area contributed by atoms with Gasteiger partial charge in [-0.05, 0) is 6.42 Å². The van der Waals surface area contributed by atoms with Crippen molar-refractivity contribution in [3.8, 4) is 0 Å². The van der Waals surface area contributed by atoms with Crippen molar-refractivity contribution in [2.45, 2.75) is 25.9 Å². The van der Waals surface area contributed by atoms with Crippen LogP contribution in [0.25, 0.3) is 0 Å². The fraction of sp³-hybridized carbons (Fsp3) is 1.00. The minimum absolute atomic E-state index is 0.186. The largest absolute Gasteiger partial charge is 0.391 e. The van der Waals surface area contributed by atoms with Crippen LogP contribution in [0.3, 0.4) is 0 Å². The van der Waals surface area contributed by atoms with Crippen molar-refractivity contribution in [2.24, 2.45) is 0 Å². The first-order valence-corrected chi connectivity index (χ1v) is 4.62. The Labute approximate surface area is 75.2 Å². The zero-order valence-electron chi connectivity index (χ0n) is 8.45. The molecule has 0 bridgehead atoms. The summed E-state index contributed by atoms with van der Waals surface area (Å²) in [5, 5.41) is 18.3. The zero-order chi connectivity index (χ0) is 9.61. The van der Waals surface area contributed by atoms with E-state index in [0.717, 1.165) is 19.4 Å². The number of hydrogen-bond acceptors (Lipinski definition) is 2. The first-order valence-electron chi connectivity index (χ1n) is 4.62. The van der Waals surface area contributed by atoms with Gasteiger partial charge in [-0.2, -0.15) is 0 Å². The summed E-state index contributed by atoms with van der Waals surface area (Å²) in [6.07, 6.45) is 1.64. The molecule has 0 aliphatic heterocycles. The lowest BCUT2D eigenvalue weighted by Crippen LogP contribution is -2.47. The summed E-state index contributed by atoms with van der Waals surface area (Å²) in [6.45, 7) is 3.69. The van der Waals surface area contributed by atoms with E-state index in [9.17, 15) is 5.11 Å². The molecule has 0 heterocycles. The molecule has 0 saturated carbocycles. The zero-order valence-corrected chi connectivity index (χ0v) is 8.45. The van der Waals surface area contributed by atoms with E-state index in [1.807, 2.05) is 14.1 Å². The lowest BCUT2D eigenvalue weighted by atomic mass is 10.2. The molecule has 1 unspecified atom stereocenters. The van der Waals surface area contributed by atoms with Gasteiger partial charge >= 0.3 is 0 Å². The second-order valence-corrected chi connectivity index (χ2v) is 4.01. The van der Waals surface area contributed by atoms with Crippen LogP contribution in [0.4, 0.5) is 0 Å². The van der Waals surface area contributed by atoms with E-state index in [1.165, 1.54) is 0 Å². The van der Waals surface area contributed by atoms with Crippen LogP contribution in [0.1, 0.15) is 19.8 Å². The van der Waals surface area contributed by atoms with Gasteiger partial charge in [0.15, 0.2) is 0 Å². The Morgan fingerprint density at radius 1 is 1.33 bits per heavy atom. The highest BCUT2D eigenvalue weighted by Gasteiger charge is 2.18. The van der Waals surface area contributed by atoms with E-state index in [0.29, 0.717) is 11.0 Å². The summed E-state index contributed by atoms with van der Waals surface area (Å²) in [7, 11) is 4.05. The average Bonchev–Trinajstić information content (AvgIpc) is 1.85. The Kier molecular flexibility index (Phi) is 5.46. The summed E-state index contributed by atoms with van der Waals surface area (Å²) < 4.78 is 0.692. The fourth-order valence-electron chi connectivity index (χ4n) is 1.36. The Morgan fingerprint density at radius 3 is 2.33 bits per heavy atom. The molecule has 0 radical (unpaired) electrons. The van der Waals surface area contributed by atoms with E-state index in [-0.39, 0.29) is 12.7 Å². The maximum absolute atomic E-state index is 9.51. The predicted octanol–water partition coefficient (Wildman–Crippen LogP) is 0.216. The minimum atomic E-state index is -0.225. The van der Waals surface area contributed by atoms with Gasteiger partial charge < -0.3 is 14.7 Å². The molecule has 0 aliphatic carbocycles. The third kappa shape index (κ3) is 5.52. The van der Waals surface area contributed by atoms with Gasteiger partial charge in [0.25, 0.3) is 0 Å². The number of hydrogen-bond donors (Lipinski definition) is 2. The van der Waals surface area contributed by atoms with Crippen molar-refractivity contribution < 1.29 is 14.7 Å². The van der Waals surface area contributed by atoms with Crippen molar-refractivity contribution in [1.82, 2.24) is 0 Å². The van der Waals surface area contributed by atoms with Crippen molar-refractivity contribution in [2.75, 3.05) is 33.8 Å². The smallest absolute Gasteiger partial charge is 0.105 e. The Bertz CT molecular complexity index is 115. The Balaban J connectivity index is 3.70. The first kappa shape index (κ1) is 11.9. The van der Waals surface area contributed by atoms with Gasteiger partial charge in [0.05, 0.1) is 20.7 Å². The van der Waals surface area contributed by atoms with Crippen LogP contribution in [0.15, 0.2) is 0 Å². The number of nitrogens with zero attached hydrogens (tertiary/aromatic N) is 1. The molecule has 0 aromatic carbocycles. The van der Waals surface area contributed by atoms with Crippen LogP contribution in [-0.4, -0.2) is 54.6 Å². The van der Waals surface area contributed by atoms with Crippen LogP contribution in [-0.2, 0) is 0 Å². The van der Waals surface area contributed by atoms with Gasteiger partial charge in [-0.15, -0.1) is 0 Å². The molecule has 0 aromatic heterocycles. The molecule has 0 saturated heterocycles. The maximum atomic E-state index is 9.51. The Morgan fingerprint density at radius 2 is 1.92 bits per heavy atom. The molecule has 3 heteroatoms. The molecule has 0 amide bonds.